The third kappa shape index (κ3) is 4.46. The van der Waals surface area contributed by atoms with Crippen molar-refractivity contribution < 1.29 is 17.6 Å². The number of piperazine rings is 1. The Balaban J connectivity index is 1.39. The molecule has 12 heteroatoms. The van der Waals surface area contributed by atoms with Crippen LogP contribution in [0.3, 0.4) is 0 Å². The van der Waals surface area contributed by atoms with Crippen molar-refractivity contribution in [3.8, 4) is 5.69 Å². The molecule has 1 fully saturated rings. The lowest BCUT2D eigenvalue weighted by atomic mass is 10.2. The van der Waals surface area contributed by atoms with Crippen molar-refractivity contribution in [2.45, 2.75) is 17.9 Å². The zero-order valence-electron chi connectivity index (χ0n) is 17.3. The van der Waals surface area contributed by atoms with Crippen molar-refractivity contribution in [3.05, 3.63) is 60.4 Å². The molecule has 2 aromatic carbocycles. The number of anilines is 1. The summed E-state index contributed by atoms with van der Waals surface area (Å²) in [5.74, 6) is -0.687. The molecule has 1 amide bonds. The summed E-state index contributed by atoms with van der Waals surface area (Å²) in [6, 6.07) is 13.5. The summed E-state index contributed by atoms with van der Waals surface area (Å²) in [7, 11) is -4.17. The van der Waals surface area contributed by atoms with Crippen molar-refractivity contribution in [1.29, 1.82) is 0 Å². The Morgan fingerprint density at radius 2 is 1.69 bits per heavy atom. The quantitative estimate of drug-likeness (QED) is 0.581. The fourth-order valence-electron chi connectivity index (χ4n) is 3.53. The van der Waals surface area contributed by atoms with Crippen LogP contribution in [0.5, 0.6) is 0 Å². The summed E-state index contributed by atoms with van der Waals surface area (Å²) in [4.78, 5) is 15.9. The first-order valence-corrected chi connectivity index (χ1v) is 11.5. The Bertz CT molecular complexity index is 1190. The first-order valence-electron chi connectivity index (χ1n) is 10.0. The summed E-state index contributed by atoms with van der Waals surface area (Å²) in [5, 5.41) is 11.9. The normalized spacial score (nSPS) is 15.6. The molecule has 1 N–H and O–H groups in total. The van der Waals surface area contributed by atoms with Crippen molar-refractivity contribution in [2.75, 3.05) is 31.1 Å². The van der Waals surface area contributed by atoms with Gasteiger partial charge in [-0.1, -0.05) is 35.4 Å². The minimum absolute atomic E-state index is 0.367. The lowest BCUT2D eigenvalue weighted by Gasteiger charge is -2.36. The molecule has 4 rings (SSSR count). The molecule has 0 bridgehead atoms. The molecule has 168 valence electrons. The molecule has 32 heavy (non-hydrogen) atoms. The maximum Gasteiger partial charge on any atom is 0.250 e. The summed E-state index contributed by atoms with van der Waals surface area (Å²) in [5.41, 5.74) is 0.821. The number of carbonyl (C=O) groups is 1. The number of sulfonamides is 1. The molecule has 0 spiro atoms. The third-order valence-corrected chi connectivity index (χ3v) is 6.73. The Hall–Kier alpha value is -3.38. The summed E-state index contributed by atoms with van der Waals surface area (Å²) in [6.45, 7) is 3.14. The van der Waals surface area contributed by atoms with E-state index in [4.69, 9.17) is 0 Å². The Morgan fingerprint density at radius 3 is 2.38 bits per heavy atom. The SMILES string of the molecule is C[C@H](NS(=O)(=O)c1ccccc1F)C(=O)N1CCN(c2nnnn2-c2ccccc2)CC1. The van der Waals surface area contributed by atoms with Gasteiger partial charge in [0, 0.05) is 26.2 Å². The van der Waals surface area contributed by atoms with E-state index < -0.39 is 26.8 Å². The van der Waals surface area contributed by atoms with E-state index in [-0.39, 0.29) is 5.91 Å². The van der Waals surface area contributed by atoms with Gasteiger partial charge in [0.25, 0.3) is 0 Å². The Kier molecular flexibility index (Phi) is 6.15. The molecule has 3 aromatic rings. The zero-order valence-corrected chi connectivity index (χ0v) is 18.1. The minimum Gasteiger partial charge on any atom is -0.338 e. The summed E-state index contributed by atoms with van der Waals surface area (Å²) < 4.78 is 42.7. The van der Waals surface area contributed by atoms with E-state index in [1.165, 1.54) is 19.1 Å². The van der Waals surface area contributed by atoms with Gasteiger partial charge in [0.2, 0.25) is 21.9 Å². The van der Waals surface area contributed by atoms with Gasteiger partial charge in [-0.05, 0) is 41.6 Å². The maximum absolute atomic E-state index is 13.9. The summed E-state index contributed by atoms with van der Waals surface area (Å²) in [6.07, 6.45) is 0. The topological polar surface area (TPSA) is 113 Å². The van der Waals surface area contributed by atoms with Gasteiger partial charge in [0.05, 0.1) is 11.7 Å². The van der Waals surface area contributed by atoms with E-state index in [1.54, 1.807) is 9.58 Å². The molecule has 1 aliphatic heterocycles. The monoisotopic (exact) mass is 459 g/mol. The molecule has 0 radical (unpaired) electrons. The van der Waals surface area contributed by atoms with Crippen molar-refractivity contribution in [2.24, 2.45) is 0 Å². The van der Waals surface area contributed by atoms with Crippen LogP contribution >= 0.6 is 0 Å². The van der Waals surface area contributed by atoms with Crippen LogP contribution in [0.1, 0.15) is 6.92 Å². The average Bonchev–Trinajstić information content (AvgIpc) is 3.29. The number of nitrogens with one attached hydrogen (secondary N) is 1. The van der Waals surface area contributed by atoms with Gasteiger partial charge in [0.1, 0.15) is 10.7 Å². The summed E-state index contributed by atoms with van der Waals surface area (Å²) >= 11 is 0. The predicted octanol–water partition coefficient (Wildman–Crippen LogP) is 0.817. The molecule has 1 saturated heterocycles. The Morgan fingerprint density at radius 1 is 1.03 bits per heavy atom. The molecule has 10 nitrogen and oxygen atoms in total. The number of hydrogen-bond donors (Lipinski definition) is 1. The second-order valence-electron chi connectivity index (χ2n) is 7.31. The zero-order chi connectivity index (χ0) is 22.7. The molecule has 2 heterocycles. The average molecular weight is 460 g/mol. The van der Waals surface area contributed by atoms with Crippen LogP contribution in [0.2, 0.25) is 0 Å². The van der Waals surface area contributed by atoms with Gasteiger partial charge in [-0.15, -0.1) is 0 Å². The van der Waals surface area contributed by atoms with Crippen LogP contribution in [0.15, 0.2) is 59.5 Å². The fourth-order valence-corrected chi connectivity index (χ4v) is 4.80. The first-order chi connectivity index (χ1) is 15.4. The Labute approximate surface area is 184 Å². The van der Waals surface area contributed by atoms with Crippen LogP contribution in [-0.2, 0) is 14.8 Å². The second-order valence-corrected chi connectivity index (χ2v) is 8.99. The molecule has 0 saturated carbocycles. The van der Waals surface area contributed by atoms with Crippen LogP contribution in [-0.4, -0.2) is 71.7 Å². The van der Waals surface area contributed by atoms with Crippen LogP contribution < -0.4 is 9.62 Å². The number of aromatic nitrogens is 4. The standard InChI is InChI=1S/C20H22FN7O3S/c1-15(23-32(30,31)18-10-6-5-9-17(18)21)19(29)26-11-13-27(14-12-26)20-22-24-25-28(20)16-7-3-2-4-8-16/h2-10,15,23H,11-14H2,1H3/t15-/m0/s1. The first kappa shape index (κ1) is 21.8. The van der Waals surface area contributed by atoms with Crippen molar-refractivity contribution in [3.63, 3.8) is 0 Å². The van der Waals surface area contributed by atoms with Crippen molar-refractivity contribution in [1.82, 2.24) is 29.8 Å². The van der Waals surface area contributed by atoms with Crippen molar-refractivity contribution >= 4 is 21.9 Å². The number of halogens is 1. The lowest BCUT2D eigenvalue weighted by molar-refractivity contribution is -0.132. The highest BCUT2D eigenvalue weighted by molar-refractivity contribution is 7.89. The maximum atomic E-state index is 13.9. The van der Waals surface area contributed by atoms with E-state index in [9.17, 15) is 17.6 Å². The smallest absolute Gasteiger partial charge is 0.250 e. The van der Waals surface area contributed by atoms with E-state index >= 15 is 0 Å². The number of tetrazole rings is 1. The lowest BCUT2D eigenvalue weighted by Crippen LogP contribution is -2.54. The molecule has 0 aliphatic carbocycles. The molecular weight excluding hydrogens is 437 g/mol. The molecule has 0 unspecified atom stereocenters. The molecular formula is C20H22FN7O3S. The van der Waals surface area contributed by atoms with Crippen LogP contribution in [0.25, 0.3) is 5.69 Å². The largest absolute Gasteiger partial charge is 0.338 e. The van der Waals surface area contributed by atoms with E-state index in [0.29, 0.717) is 32.1 Å². The number of benzene rings is 2. The van der Waals surface area contributed by atoms with Gasteiger partial charge in [-0.3, -0.25) is 4.79 Å². The number of hydrogen-bond acceptors (Lipinski definition) is 7. The number of amides is 1. The number of carbonyl (C=O) groups excluding carboxylic acids is 1. The van der Waals surface area contributed by atoms with Gasteiger partial charge in [-0.2, -0.15) is 9.40 Å². The number of para-hydroxylation sites is 1. The van der Waals surface area contributed by atoms with Gasteiger partial charge < -0.3 is 9.80 Å². The van der Waals surface area contributed by atoms with Gasteiger partial charge in [0.15, 0.2) is 0 Å². The highest BCUT2D eigenvalue weighted by Crippen LogP contribution is 2.18. The molecule has 1 aliphatic rings. The van der Waals surface area contributed by atoms with Gasteiger partial charge >= 0.3 is 0 Å². The van der Waals surface area contributed by atoms with E-state index in [1.807, 2.05) is 35.2 Å². The number of rotatable bonds is 6. The highest BCUT2D eigenvalue weighted by atomic mass is 32.2. The third-order valence-electron chi connectivity index (χ3n) is 5.16. The predicted molar refractivity (Wildman–Crippen MR) is 114 cm³/mol. The fraction of sp³-hybridized carbons (Fsp3) is 0.300. The molecule has 1 atom stereocenters. The molecule has 1 aromatic heterocycles. The van der Waals surface area contributed by atoms with E-state index in [2.05, 4.69) is 20.2 Å². The van der Waals surface area contributed by atoms with Gasteiger partial charge in [-0.25, -0.2) is 12.8 Å². The van der Waals surface area contributed by atoms with Crippen LogP contribution in [0.4, 0.5) is 10.3 Å². The number of nitrogens with zero attached hydrogens (tertiary/aromatic N) is 6. The van der Waals surface area contributed by atoms with E-state index in [0.717, 1.165) is 17.8 Å². The van der Waals surface area contributed by atoms with Crippen LogP contribution in [0, 0.1) is 5.82 Å². The highest BCUT2D eigenvalue weighted by Gasteiger charge is 2.30. The minimum atomic E-state index is -4.17. The second kappa shape index (κ2) is 9.01.